The van der Waals surface area contributed by atoms with E-state index in [0.717, 1.165) is 41.9 Å². The molecule has 2 atom stereocenters. The summed E-state index contributed by atoms with van der Waals surface area (Å²) in [6, 6.07) is 9.71. The Morgan fingerprint density at radius 1 is 1.37 bits per heavy atom. The lowest BCUT2D eigenvalue weighted by molar-refractivity contribution is 0.00984. The van der Waals surface area contributed by atoms with Gasteiger partial charge in [-0.05, 0) is 36.6 Å². The number of fused-ring (bicyclic) bond motifs is 1. The van der Waals surface area contributed by atoms with Crippen molar-refractivity contribution in [3.8, 4) is 5.75 Å². The number of nitrogens with two attached hydrogens (primary N) is 1. The van der Waals surface area contributed by atoms with E-state index in [0.29, 0.717) is 12.4 Å². The smallest absolute Gasteiger partial charge is 0.158 e. The van der Waals surface area contributed by atoms with Crippen molar-refractivity contribution in [2.45, 2.75) is 31.7 Å². The fraction of sp³-hybridized carbons (Fsp3) is 0.368. The van der Waals surface area contributed by atoms with Crippen molar-refractivity contribution in [2.24, 2.45) is 5.73 Å². The van der Waals surface area contributed by atoms with Gasteiger partial charge in [0.1, 0.15) is 17.6 Å². The number of ether oxygens (including phenoxy) is 1. The van der Waals surface area contributed by atoms with Gasteiger partial charge in [0.2, 0.25) is 0 Å². The number of methoxy groups -OCH3 is 1. The van der Waals surface area contributed by atoms with E-state index in [-0.39, 0.29) is 6.17 Å². The van der Waals surface area contributed by atoms with Gasteiger partial charge >= 0.3 is 0 Å². The fourth-order valence-electron chi connectivity index (χ4n) is 3.54. The standard InChI is InChI=1S/C19H24N6O2/c1-27-15-5-2-4-14(10-15)23-19-17-13(7-9-25(17)22-12-21-19)11-24-8-3-6-16(26)18(24)20/h2,4-5,7,9-10,12,16,18,26H,3,6,8,11,20H2,1H3,(H,21,22,23)/t16-,18?/m1/s1. The largest absolute Gasteiger partial charge is 0.497 e. The van der Waals surface area contributed by atoms with Crippen LogP contribution in [0.25, 0.3) is 5.52 Å². The summed E-state index contributed by atoms with van der Waals surface area (Å²) in [7, 11) is 1.64. The molecule has 1 unspecified atom stereocenters. The van der Waals surface area contributed by atoms with E-state index in [4.69, 9.17) is 10.5 Å². The minimum absolute atomic E-state index is 0.354. The highest BCUT2D eigenvalue weighted by Crippen LogP contribution is 2.27. The fourth-order valence-corrected chi connectivity index (χ4v) is 3.54. The Hall–Kier alpha value is -2.68. The molecule has 2 aromatic heterocycles. The normalized spacial score (nSPS) is 20.7. The highest BCUT2D eigenvalue weighted by molar-refractivity contribution is 5.76. The molecule has 27 heavy (non-hydrogen) atoms. The molecular weight excluding hydrogens is 344 g/mol. The van der Waals surface area contributed by atoms with Gasteiger partial charge in [0.25, 0.3) is 0 Å². The second-order valence-corrected chi connectivity index (χ2v) is 6.77. The van der Waals surface area contributed by atoms with Gasteiger partial charge in [-0.15, -0.1) is 0 Å². The molecule has 0 spiro atoms. The number of aromatic nitrogens is 3. The van der Waals surface area contributed by atoms with E-state index in [1.807, 2.05) is 36.5 Å². The van der Waals surface area contributed by atoms with Crippen LogP contribution in [0.5, 0.6) is 5.75 Å². The molecule has 4 N–H and O–H groups in total. The highest BCUT2D eigenvalue weighted by Gasteiger charge is 2.27. The summed E-state index contributed by atoms with van der Waals surface area (Å²) in [6.45, 7) is 1.50. The van der Waals surface area contributed by atoms with Crippen LogP contribution in [0.3, 0.4) is 0 Å². The predicted octanol–water partition coefficient (Wildman–Crippen LogP) is 1.72. The zero-order chi connectivity index (χ0) is 18.8. The molecule has 1 aliphatic rings. The van der Waals surface area contributed by atoms with Crippen molar-refractivity contribution in [1.29, 1.82) is 0 Å². The first kappa shape index (κ1) is 17.7. The van der Waals surface area contributed by atoms with Gasteiger partial charge in [0.15, 0.2) is 5.82 Å². The average molecular weight is 368 g/mol. The average Bonchev–Trinajstić information content (AvgIpc) is 3.10. The molecule has 3 aromatic rings. The van der Waals surface area contributed by atoms with E-state index >= 15 is 0 Å². The number of aliphatic hydroxyl groups excluding tert-OH is 1. The number of piperidine rings is 1. The van der Waals surface area contributed by atoms with Crippen LogP contribution in [0.15, 0.2) is 42.9 Å². The first-order valence-corrected chi connectivity index (χ1v) is 9.05. The lowest BCUT2D eigenvalue weighted by atomic mass is 10.0. The van der Waals surface area contributed by atoms with Crippen molar-refractivity contribution in [1.82, 2.24) is 19.5 Å². The Labute approximate surface area is 157 Å². The molecule has 1 saturated heterocycles. The van der Waals surface area contributed by atoms with Gasteiger partial charge in [-0.3, -0.25) is 4.90 Å². The summed E-state index contributed by atoms with van der Waals surface area (Å²) in [5.41, 5.74) is 9.02. The van der Waals surface area contributed by atoms with Crippen molar-refractivity contribution in [2.75, 3.05) is 19.0 Å². The number of likely N-dealkylation sites (tertiary alicyclic amines) is 1. The predicted molar refractivity (Wildman–Crippen MR) is 103 cm³/mol. The van der Waals surface area contributed by atoms with Crippen LogP contribution in [-0.4, -0.2) is 50.5 Å². The van der Waals surface area contributed by atoms with Crippen molar-refractivity contribution in [3.05, 3.63) is 48.4 Å². The molecule has 0 saturated carbocycles. The second-order valence-electron chi connectivity index (χ2n) is 6.77. The Bertz CT molecular complexity index is 927. The zero-order valence-corrected chi connectivity index (χ0v) is 15.2. The number of nitrogens with one attached hydrogen (secondary N) is 1. The maximum atomic E-state index is 10.1. The van der Waals surface area contributed by atoms with Gasteiger partial charge in [-0.2, -0.15) is 5.10 Å². The molecule has 0 bridgehead atoms. The van der Waals surface area contributed by atoms with Crippen LogP contribution in [0.1, 0.15) is 18.4 Å². The Kier molecular flexibility index (Phi) is 4.93. The molecular formula is C19H24N6O2. The molecule has 1 aliphatic heterocycles. The van der Waals surface area contributed by atoms with Crippen LogP contribution in [-0.2, 0) is 6.54 Å². The minimum Gasteiger partial charge on any atom is -0.497 e. The van der Waals surface area contributed by atoms with Gasteiger partial charge in [-0.25, -0.2) is 9.50 Å². The number of benzene rings is 1. The second kappa shape index (κ2) is 7.51. The van der Waals surface area contributed by atoms with Gasteiger partial charge in [0.05, 0.1) is 19.4 Å². The minimum atomic E-state index is -0.488. The van der Waals surface area contributed by atoms with Gasteiger partial charge < -0.3 is 20.9 Å². The maximum absolute atomic E-state index is 10.1. The molecule has 8 heteroatoms. The topological polar surface area (TPSA) is 101 Å². The highest BCUT2D eigenvalue weighted by atomic mass is 16.5. The van der Waals surface area contributed by atoms with Crippen molar-refractivity contribution in [3.63, 3.8) is 0 Å². The molecule has 8 nitrogen and oxygen atoms in total. The van der Waals surface area contributed by atoms with Crippen molar-refractivity contribution >= 4 is 17.0 Å². The third kappa shape index (κ3) is 3.59. The number of hydrogen-bond donors (Lipinski definition) is 3. The summed E-state index contributed by atoms with van der Waals surface area (Å²) in [5.74, 6) is 1.48. The van der Waals surface area contributed by atoms with E-state index in [2.05, 4.69) is 20.3 Å². The summed E-state index contributed by atoms with van der Waals surface area (Å²) < 4.78 is 7.09. The van der Waals surface area contributed by atoms with Crippen LogP contribution in [0, 0.1) is 0 Å². The third-order valence-electron chi connectivity index (χ3n) is 5.00. The number of anilines is 2. The Balaban J connectivity index is 1.65. The number of nitrogens with zero attached hydrogens (tertiary/aromatic N) is 4. The molecule has 1 aromatic carbocycles. The van der Waals surface area contributed by atoms with Crippen LogP contribution >= 0.6 is 0 Å². The molecule has 142 valence electrons. The summed E-state index contributed by atoms with van der Waals surface area (Å²) in [6.07, 6.45) is 4.28. The first-order valence-electron chi connectivity index (χ1n) is 9.05. The van der Waals surface area contributed by atoms with Crippen molar-refractivity contribution < 1.29 is 9.84 Å². The SMILES string of the molecule is COc1cccc(Nc2ncnn3ccc(CN4CCC[C@@H](O)C4N)c23)c1. The molecule has 3 heterocycles. The van der Waals surface area contributed by atoms with E-state index in [1.165, 1.54) is 6.33 Å². The third-order valence-corrected chi connectivity index (χ3v) is 5.00. The number of rotatable bonds is 5. The zero-order valence-electron chi connectivity index (χ0n) is 15.2. The summed E-state index contributed by atoms with van der Waals surface area (Å²) in [4.78, 5) is 6.54. The summed E-state index contributed by atoms with van der Waals surface area (Å²) in [5, 5.41) is 17.7. The molecule has 0 aliphatic carbocycles. The lowest BCUT2D eigenvalue weighted by Crippen LogP contribution is -2.53. The summed E-state index contributed by atoms with van der Waals surface area (Å²) >= 11 is 0. The van der Waals surface area contributed by atoms with Gasteiger partial charge in [0, 0.05) is 31.0 Å². The quantitative estimate of drug-likeness (QED) is 0.630. The van der Waals surface area contributed by atoms with E-state index in [9.17, 15) is 5.11 Å². The Morgan fingerprint density at radius 3 is 3.11 bits per heavy atom. The number of aliphatic hydroxyl groups is 1. The number of hydrogen-bond acceptors (Lipinski definition) is 7. The van der Waals surface area contributed by atoms with E-state index in [1.54, 1.807) is 11.6 Å². The lowest BCUT2D eigenvalue weighted by Gasteiger charge is -2.36. The van der Waals surface area contributed by atoms with Crippen LogP contribution in [0.2, 0.25) is 0 Å². The molecule has 0 radical (unpaired) electrons. The molecule has 0 amide bonds. The molecule has 4 rings (SSSR count). The van der Waals surface area contributed by atoms with Crippen LogP contribution < -0.4 is 15.8 Å². The van der Waals surface area contributed by atoms with Crippen LogP contribution in [0.4, 0.5) is 11.5 Å². The Morgan fingerprint density at radius 2 is 2.26 bits per heavy atom. The monoisotopic (exact) mass is 368 g/mol. The van der Waals surface area contributed by atoms with E-state index < -0.39 is 6.10 Å². The first-order chi connectivity index (χ1) is 13.2. The van der Waals surface area contributed by atoms with Gasteiger partial charge in [-0.1, -0.05) is 6.07 Å². The molecule has 1 fully saturated rings. The maximum Gasteiger partial charge on any atom is 0.158 e.